The Morgan fingerprint density at radius 1 is 1.17 bits per heavy atom. The van der Waals surface area contributed by atoms with Gasteiger partial charge in [-0.2, -0.15) is 13.1 Å². The van der Waals surface area contributed by atoms with Gasteiger partial charge in [0.25, 0.3) is 0 Å². The zero-order chi connectivity index (χ0) is 16.4. The second kappa shape index (κ2) is 6.02. The Morgan fingerprint density at radius 3 is 2.65 bits per heavy atom. The first kappa shape index (κ1) is 15.5. The van der Waals surface area contributed by atoms with Crippen molar-refractivity contribution in [3.8, 4) is 11.5 Å². The van der Waals surface area contributed by atoms with Crippen LogP contribution in [0.25, 0.3) is 0 Å². The Balaban J connectivity index is 1.83. The number of nitrogens with one attached hydrogen (secondary N) is 1. The number of aryl methyl sites for hydroxylation is 1. The number of hydrogen-bond acceptors (Lipinski definition) is 5. The molecule has 1 heterocycles. The van der Waals surface area contributed by atoms with Crippen molar-refractivity contribution in [2.24, 2.45) is 0 Å². The molecule has 0 saturated heterocycles. The first-order chi connectivity index (χ1) is 10.9. The lowest BCUT2D eigenvalue weighted by molar-refractivity contribution is -0.134. The van der Waals surface area contributed by atoms with Crippen molar-refractivity contribution >= 4 is 16.3 Å². The quantitative estimate of drug-likeness (QED) is 0.688. The van der Waals surface area contributed by atoms with Gasteiger partial charge in [-0.05, 0) is 24.6 Å². The topological polar surface area (TPSA) is 81.7 Å². The molecule has 7 heteroatoms. The van der Waals surface area contributed by atoms with Gasteiger partial charge in [-0.3, -0.25) is 4.79 Å². The maximum absolute atomic E-state index is 12.1. The van der Waals surface area contributed by atoms with E-state index in [0.29, 0.717) is 16.9 Å². The molecule has 0 radical (unpaired) electrons. The van der Waals surface area contributed by atoms with Crippen LogP contribution in [-0.4, -0.2) is 14.4 Å². The van der Waals surface area contributed by atoms with Gasteiger partial charge < -0.3 is 8.92 Å². The molecule has 0 fully saturated rings. The molecule has 0 amide bonds. The van der Waals surface area contributed by atoms with Gasteiger partial charge in [0.15, 0.2) is 5.75 Å². The molecule has 0 bridgehead atoms. The van der Waals surface area contributed by atoms with E-state index in [1.54, 1.807) is 49.4 Å². The van der Waals surface area contributed by atoms with Crippen LogP contribution >= 0.6 is 0 Å². The summed E-state index contributed by atoms with van der Waals surface area (Å²) in [5.74, 6) is 0.152. The number of hydrogen-bond donors (Lipinski definition) is 1. The third kappa shape index (κ3) is 3.52. The van der Waals surface area contributed by atoms with E-state index in [4.69, 9.17) is 8.92 Å². The van der Waals surface area contributed by atoms with Gasteiger partial charge in [0, 0.05) is 5.56 Å². The van der Waals surface area contributed by atoms with E-state index < -0.39 is 22.3 Å². The van der Waals surface area contributed by atoms with E-state index >= 15 is 0 Å². The Bertz CT molecular complexity index is 833. The summed E-state index contributed by atoms with van der Waals surface area (Å²) >= 11 is 0. The average molecular weight is 333 g/mol. The molecule has 0 saturated carbocycles. The predicted molar refractivity (Wildman–Crippen MR) is 83.3 cm³/mol. The van der Waals surface area contributed by atoms with Crippen LogP contribution in [0.2, 0.25) is 0 Å². The van der Waals surface area contributed by atoms with Crippen molar-refractivity contribution in [2.75, 3.05) is 0 Å². The number of benzene rings is 2. The number of para-hydroxylation sites is 2. The fourth-order valence-corrected chi connectivity index (χ4v) is 3.47. The summed E-state index contributed by atoms with van der Waals surface area (Å²) in [6.45, 7) is 1.75. The van der Waals surface area contributed by atoms with Crippen molar-refractivity contribution in [2.45, 2.75) is 19.4 Å². The van der Waals surface area contributed by atoms with Gasteiger partial charge in [0.2, 0.25) is 0 Å². The van der Waals surface area contributed by atoms with Gasteiger partial charge >= 0.3 is 16.3 Å². The average Bonchev–Trinajstić information content (AvgIpc) is 2.48. The van der Waals surface area contributed by atoms with Crippen LogP contribution in [0.1, 0.15) is 23.6 Å². The summed E-state index contributed by atoms with van der Waals surface area (Å²) in [6.07, 6.45) is -0.131. The Kier molecular flexibility index (Phi) is 4.06. The molecule has 0 spiro atoms. The normalized spacial score (nSPS) is 18.6. The lowest BCUT2D eigenvalue weighted by atomic mass is 10.0. The number of fused-ring (bicyclic) bond motifs is 1. The van der Waals surface area contributed by atoms with E-state index in [-0.39, 0.29) is 12.2 Å². The lowest BCUT2D eigenvalue weighted by Crippen LogP contribution is -2.38. The summed E-state index contributed by atoms with van der Waals surface area (Å²) in [4.78, 5) is 12.1. The number of esters is 1. The summed E-state index contributed by atoms with van der Waals surface area (Å²) in [5.41, 5.74) is 1.30. The highest BCUT2D eigenvalue weighted by molar-refractivity contribution is 7.85. The SMILES string of the molecule is Cc1cccc2c1OS(=O)(=O)N[C@@H]2CC(=O)Oc1ccccc1. The van der Waals surface area contributed by atoms with Gasteiger partial charge in [0.1, 0.15) is 5.75 Å². The molecular formula is C16H15NO5S. The van der Waals surface area contributed by atoms with Crippen molar-refractivity contribution in [3.05, 3.63) is 59.7 Å². The zero-order valence-corrected chi connectivity index (χ0v) is 13.2. The number of carbonyl (C=O) groups excluding carboxylic acids is 1. The third-order valence-electron chi connectivity index (χ3n) is 3.44. The van der Waals surface area contributed by atoms with Crippen molar-refractivity contribution in [1.29, 1.82) is 0 Å². The highest BCUT2D eigenvalue weighted by Crippen LogP contribution is 2.35. The molecule has 1 atom stereocenters. The fourth-order valence-electron chi connectivity index (χ4n) is 2.41. The van der Waals surface area contributed by atoms with Crippen LogP contribution in [0.15, 0.2) is 48.5 Å². The van der Waals surface area contributed by atoms with Crippen molar-refractivity contribution in [3.63, 3.8) is 0 Å². The minimum absolute atomic E-state index is 0.131. The summed E-state index contributed by atoms with van der Waals surface area (Å²) < 4.78 is 36.2. The van der Waals surface area contributed by atoms with E-state index in [9.17, 15) is 13.2 Å². The second-order valence-electron chi connectivity index (χ2n) is 5.19. The van der Waals surface area contributed by atoms with Crippen LogP contribution in [0.3, 0.4) is 0 Å². The molecule has 0 aliphatic carbocycles. The maximum atomic E-state index is 12.1. The summed E-state index contributed by atoms with van der Waals surface area (Å²) in [7, 11) is -3.94. The molecule has 1 aliphatic rings. The van der Waals surface area contributed by atoms with Crippen LogP contribution in [0, 0.1) is 6.92 Å². The largest absolute Gasteiger partial charge is 0.426 e. The number of rotatable bonds is 3. The van der Waals surface area contributed by atoms with E-state index in [0.717, 1.165) is 0 Å². The molecule has 120 valence electrons. The molecule has 0 unspecified atom stereocenters. The fraction of sp³-hybridized carbons (Fsp3) is 0.188. The first-order valence-electron chi connectivity index (χ1n) is 7.01. The van der Waals surface area contributed by atoms with Gasteiger partial charge in [0.05, 0.1) is 12.5 Å². The molecule has 1 N–H and O–H groups in total. The second-order valence-corrected chi connectivity index (χ2v) is 6.50. The van der Waals surface area contributed by atoms with E-state index in [1.165, 1.54) is 0 Å². The summed E-state index contributed by atoms with van der Waals surface area (Å²) in [5, 5.41) is 0. The number of ether oxygens (including phenoxy) is 1. The highest BCUT2D eigenvalue weighted by atomic mass is 32.2. The molecule has 3 rings (SSSR count). The number of carbonyl (C=O) groups is 1. The van der Waals surface area contributed by atoms with Crippen LogP contribution in [0.5, 0.6) is 11.5 Å². The Hall–Kier alpha value is -2.38. The zero-order valence-electron chi connectivity index (χ0n) is 12.4. The lowest BCUT2D eigenvalue weighted by Gasteiger charge is -2.26. The van der Waals surface area contributed by atoms with Gasteiger partial charge in [-0.25, -0.2) is 0 Å². The van der Waals surface area contributed by atoms with E-state index in [1.807, 2.05) is 6.07 Å². The third-order valence-corrected chi connectivity index (χ3v) is 4.40. The van der Waals surface area contributed by atoms with Crippen LogP contribution in [-0.2, 0) is 15.1 Å². The smallest absolute Gasteiger partial charge is 0.383 e. The molecule has 2 aromatic rings. The van der Waals surface area contributed by atoms with E-state index in [2.05, 4.69) is 4.72 Å². The standard InChI is InChI=1S/C16H15NO5S/c1-11-6-5-9-13-14(17-23(19,20)22-16(11)13)10-15(18)21-12-7-3-2-4-8-12/h2-9,14,17H,10H2,1H3/t14-/m1/s1. The maximum Gasteiger partial charge on any atom is 0.383 e. The first-order valence-corrected chi connectivity index (χ1v) is 8.42. The molecule has 6 nitrogen and oxygen atoms in total. The highest BCUT2D eigenvalue weighted by Gasteiger charge is 2.33. The molecule has 2 aromatic carbocycles. The minimum Gasteiger partial charge on any atom is -0.426 e. The van der Waals surface area contributed by atoms with Crippen LogP contribution < -0.4 is 13.6 Å². The van der Waals surface area contributed by atoms with Crippen molar-refractivity contribution < 1.29 is 22.1 Å². The molecule has 23 heavy (non-hydrogen) atoms. The minimum atomic E-state index is -3.94. The molecule has 0 aromatic heterocycles. The Morgan fingerprint density at radius 2 is 1.91 bits per heavy atom. The van der Waals surface area contributed by atoms with Gasteiger partial charge in [-0.1, -0.05) is 36.4 Å². The predicted octanol–water partition coefficient (Wildman–Crippen LogP) is 2.26. The molecule has 1 aliphatic heterocycles. The van der Waals surface area contributed by atoms with Gasteiger partial charge in [-0.15, -0.1) is 0 Å². The monoisotopic (exact) mass is 333 g/mol. The van der Waals surface area contributed by atoms with Crippen molar-refractivity contribution in [1.82, 2.24) is 4.72 Å². The molecular weight excluding hydrogens is 318 g/mol. The Labute approximate surface area is 134 Å². The van der Waals surface area contributed by atoms with Crippen LogP contribution in [0.4, 0.5) is 0 Å². The summed E-state index contributed by atoms with van der Waals surface area (Å²) in [6, 6.07) is 13.2.